The summed E-state index contributed by atoms with van der Waals surface area (Å²) in [7, 11) is -3.11. The van der Waals surface area contributed by atoms with Crippen LogP contribution in [0.4, 0.5) is 0 Å². The van der Waals surface area contributed by atoms with Crippen LogP contribution in [0.1, 0.15) is 46.0 Å². The Balaban J connectivity index is 2.82. The summed E-state index contributed by atoms with van der Waals surface area (Å²) >= 11 is 0. The molecule has 3 nitrogen and oxygen atoms in total. The summed E-state index contributed by atoms with van der Waals surface area (Å²) in [5.41, 5.74) is -0.969. The highest BCUT2D eigenvalue weighted by Gasteiger charge is 2.46. The van der Waals surface area contributed by atoms with Crippen molar-refractivity contribution in [3.63, 3.8) is 0 Å². The lowest BCUT2D eigenvalue weighted by Crippen LogP contribution is -2.43. The topological polar surface area (TPSA) is 54.4 Å². The van der Waals surface area contributed by atoms with Gasteiger partial charge >= 0.3 is 0 Å². The van der Waals surface area contributed by atoms with Crippen molar-refractivity contribution in [3.8, 4) is 0 Å². The molecule has 1 fully saturated rings. The molecule has 1 N–H and O–H groups in total. The predicted molar refractivity (Wildman–Crippen MR) is 61.5 cm³/mol. The van der Waals surface area contributed by atoms with E-state index in [2.05, 4.69) is 13.8 Å². The Labute approximate surface area is 92.8 Å². The molecule has 0 aromatic heterocycles. The Morgan fingerprint density at radius 2 is 2.13 bits per heavy atom. The molecule has 3 atom stereocenters. The van der Waals surface area contributed by atoms with Crippen molar-refractivity contribution >= 4 is 9.84 Å². The molecule has 4 heteroatoms. The second kappa shape index (κ2) is 4.42. The smallest absolute Gasteiger partial charge is 0.153 e. The van der Waals surface area contributed by atoms with E-state index in [1.807, 2.05) is 0 Å². The van der Waals surface area contributed by atoms with E-state index in [0.717, 1.165) is 12.8 Å². The van der Waals surface area contributed by atoms with Gasteiger partial charge < -0.3 is 5.11 Å². The summed E-state index contributed by atoms with van der Waals surface area (Å²) in [5.74, 6) is 0.386. The van der Waals surface area contributed by atoms with Gasteiger partial charge in [0.25, 0.3) is 0 Å². The first-order chi connectivity index (χ1) is 6.79. The standard InChI is InChI=1S/C11H22O3S/c1-4-9(2)8-11(12)7-5-6-10(11)15(3,13)14/h9-10,12H,4-8H2,1-3H3. The van der Waals surface area contributed by atoms with Gasteiger partial charge in [0, 0.05) is 6.26 Å². The molecule has 0 spiro atoms. The molecular weight excluding hydrogens is 212 g/mol. The van der Waals surface area contributed by atoms with Crippen molar-refractivity contribution in [1.29, 1.82) is 0 Å². The van der Waals surface area contributed by atoms with Crippen LogP contribution in [0.5, 0.6) is 0 Å². The molecule has 0 saturated heterocycles. The van der Waals surface area contributed by atoms with Gasteiger partial charge in [0.1, 0.15) is 0 Å². The Hall–Kier alpha value is -0.0900. The highest BCUT2D eigenvalue weighted by Crippen LogP contribution is 2.39. The summed E-state index contributed by atoms with van der Waals surface area (Å²) < 4.78 is 23.1. The molecular formula is C11H22O3S. The minimum Gasteiger partial charge on any atom is -0.389 e. The SMILES string of the molecule is CCC(C)CC1(O)CCCC1S(C)(=O)=O. The Morgan fingerprint density at radius 1 is 1.53 bits per heavy atom. The molecule has 0 aromatic carbocycles. The van der Waals surface area contributed by atoms with Crippen LogP contribution in [0, 0.1) is 5.92 Å². The highest BCUT2D eigenvalue weighted by molar-refractivity contribution is 7.91. The number of sulfone groups is 1. The van der Waals surface area contributed by atoms with Gasteiger partial charge in [-0.1, -0.05) is 20.3 Å². The number of hydrogen-bond donors (Lipinski definition) is 1. The van der Waals surface area contributed by atoms with Crippen molar-refractivity contribution in [1.82, 2.24) is 0 Å². The van der Waals surface area contributed by atoms with Gasteiger partial charge in [-0.25, -0.2) is 8.42 Å². The van der Waals surface area contributed by atoms with Crippen LogP contribution in [-0.2, 0) is 9.84 Å². The van der Waals surface area contributed by atoms with Crippen LogP contribution in [-0.4, -0.2) is 30.6 Å². The summed E-state index contributed by atoms with van der Waals surface area (Å²) in [6.07, 6.45) is 4.91. The average Bonchev–Trinajstić information content (AvgIpc) is 2.46. The van der Waals surface area contributed by atoms with Crippen LogP contribution in [0.2, 0.25) is 0 Å². The quantitative estimate of drug-likeness (QED) is 0.806. The lowest BCUT2D eigenvalue weighted by Gasteiger charge is -2.31. The first kappa shape index (κ1) is 13.0. The molecule has 0 aliphatic heterocycles. The molecule has 0 amide bonds. The van der Waals surface area contributed by atoms with Gasteiger partial charge in [0.15, 0.2) is 9.84 Å². The molecule has 0 radical (unpaired) electrons. The van der Waals surface area contributed by atoms with E-state index < -0.39 is 20.7 Å². The summed E-state index contributed by atoms with van der Waals surface area (Å²) in [5, 5.41) is 9.87. The van der Waals surface area contributed by atoms with Gasteiger partial charge in [-0.3, -0.25) is 0 Å². The average molecular weight is 234 g/mol. The van der Waals surface area contributed by atoms with E-state index in [9.17, 15) is 13.5 Å². The van der Waals surface area contributed by atoms with Crippen molar-refractivity contribution in [3.05, 3.63) is 0 Å². The molecule has 1 aliphatic carbocycles. The van der Waals surface area contributed by atoms with Crippen molar-refractivity contribution in [2.75, 3.05) is 6.26 Å². The third kappa shape index (κ3) is 2.94. The lowest BCUT2D eigenvalue weighted by molar-refractivity contribution is 0.0270. The minimum atomic E-state index is -3.11. The molecule has 1 saturated carbocycles. The third-order valence-electron chi connectivity index (χ3n) is 3.59. The van der Waals surface area contributed by atoms with Crippen molar-refractivity contribution in [2.24, 2.45) is 5.92 Å². The first-order valence-electron chi connectivity index (χ1n) is 5.71. The molecule has 1 aliphatic rings. The molecule has 1 rings (SSSR count). The summed E-state index contributed by atoms with van der Waals surface area (Å²) in [4.78, 5) is 0. The van der Waals surface area contributed by atoms with Crippen LogP contribution in [0.15, 0.2) is 0 Å². The monoisotopic (exact) mass is 234 g/mol. The van der Waals surface area contributed by atoms with Crippen molar-refractivity contribution in [2.45, 2.75) is 56.8 Å². The normalized spacial score (nSPS) is 34.3. The van der Waals surface area contributed by atoms with Crippen LogP contribution in [0.3, 0.4) is 0 Å². The Morgan fingerprint density at radius 3 is 2.60 bits per heavy atom. The molecule has 0 bridgehead atoms. The Bertz CT molecular complexity index is 310. The fourth-order valence-electron chi connectivity index (χ4n) is 2.62. The van der Waals surface area contributed by atoms with Gasteiger partial charge in [-0.15, -0.1) is 0 Å². The molecule has 3 unspecified atom stereocenters. The molecule has 15 heavy (non-hydrogen) atoms. The van der Waals surface area contributed by atoms with Gasteiger partial charge in [0.05, 0.1) is 10.9 Å². The zero-order chi connectivity index (χ0) is 11.7. The Kier molecular flexibility index (Phi) is 3.82. The molecule has 0 heterocycles. The maximum absolute atomic E-state index is 11.6. The fourth-order valence-corrected chi connectivity index (χ4v) is 4.22. The maximum atomic E-state index is 11.6. The van der Waals surface area contributed by atoms with E-state index in [1.54, 1.807) is 0 Å². The van der Waals surface area contributed by atoms with Gasteiger partial charge in [0.2, 0.25) is 0 Å². The third-order valence-corrected chi connectivity index (χ3v) is 5.30. The molecule has 90 valence electrons. The summed E-state index contributed by atoms with van der Waals surface area (Å²) in [6, 6.07) is 0. The maximum Gasteiger partial charge on any atom is 0.153 e. The second-order valence-corrected chi connectivity index (χ2v) is 7.26. The van der Waals surface area contributed by atoms with Gasteiger partial charge in [-0.2, -0.15) is 0 Å². The number of hydrogen-bond acceptors (Lipinski definition) is 3. The summed E-state index contributed by atoms with van der Waals surface area (Å²) in [6.45, 7) is 4.13. The van der Waals surface area contributed by atoms with Gasteiger partial charge in [-0.05, 0) is 31.6 Å². The fraction of sp³-hybridized carbons (Fsp3) is 1.00. The number of aliphatic hydroxyl groups is 1. The second-order valence-electron chi connectivity index (χ2n) is 5.03. The van der Waals surface area contributed by atoms with E-state index in [-0.39, 0.29) is 0 Å². The largest absolute Gasteiger partial charge is 0.389 e. The number of rotatable bonds is 4. The van der Waals surface area contributed by atoms with E-state index >= 15 is 0 Å². The van der Waals surface area contributed by atoms with E-state index in [4.69, 9.17) is 0 Å². The highest BCUT2D eigenvalue weighted by atomic mass is 32.2. The van der Waals surface area contributed by atoms with Crippen LogP contribution < -0.4 is 0 Å². The molecule has 0 aromatic rings. The lowest BCUT2D eigenvalue weighted by atomic mass is 9.88. The zero-order valence-corrected chi connectivity index (χ0v) is 10.7. The van der Waals surface area contributed by atoms with E-state index in [1.165, 1.54) is 6.26 Å². The zero-order valence-electron chi connectivity index (χ0n) is 9.86. The predicted octanol–water partition coefficient (Wildman–Crippen LogP) is 1.75. The van der Waals surface area contributed by atoms with Crippen LogP contribution >= 0.6 is 0 Å². The van der Waals surface area contributed by atoms with Crippen LogP contribution in [0.25, 0.3) is 0 Å². The first-order valence-corrected chi connectivity index (χ1v) is 7.66. The van der Waals surface area contributed by atoms with E-state index in [0.29, 0.717) is 25.2 Å². The minimum absolute atomic E-state index is 0.386. The van der Waals surface area contributed by atoms with Crippen molar-refractivity contribution < 1.29 is 13.5 Å².